The highest BCUT2D eigenvalue weighted by Gasteiger charge is 2.36. The van der Waals surface area contributed by atoms with Crippen LogP contribution in [0.4, 0.5) is 0 Å². The summed E-state index contributed by atoms with van der Waals surface area (Å²) in [6.07, 6.45) is 0. The number of hydrogen-bond acceptors (Lipinski definition) is 3. The van der Waals surface area contributed by atoms with Crippen molar-refractivity contribution >= 4 is 11.8 Å². The van der Waals surface area contributed by atoms with Crippen LogP contribution < -0.4 is 5.32 Å². The van der Waals surface area contributed by atoms with E-state index in [1.807, 2.05) is 11.8 Å². The fraction of sp³-hybridized carbons (Fsp3) is 0.647. The molecule has 3 unspecified atom stereocenters. The number of thioether (sulfide) groups is 1. The predicted molar refractivity (Wildman–Crippen MR) is 90.4 cm³/mol. The molecule has 1 aliphatic heterocycles. The Morgan fingerprint density at radius 1 is 1.40 bits per heavy atom. The summed E-state index contributed by atoms with van der Waals surface area (Å²) in [5.74, 6) is 2.44. The summed E-state index contributed by atoms with van der Waals surface area (Å²) in [4.78, 5) is 2.67. The zero-order chi connectivity index (χ0) is 14.6. The zero-order valence-electron chi connectivity index (χ0n) is 13.2. The van der Waals surface area contributed by atoms with Crippen molar-refractivity contribution in [3.8, 4) is 0 Å². The molecule has 1 aromatic rings. The van der Waals surface area contributed by atoms with Gasteiger partial charge in [-0.2, -0.15) is 11.8 Å². The standard InChI is InChI=1S/C17H28N2S/c1-5-20-12-15(3)19-13-17(4,18-11-14(19)2)16-9-7-6-8-10-16/h6-10,14-15,18H,5,11-13H2,1-4H3. The molecule has 0 spiro atoms. The average molecular weight is 292 g/mol. The molecule has 20 heavy (non-hydrogen) atoms. The first kappa shape index (κ1) is 15.9. The topological polar surface area (TPSA) is 15.3 Å². The maximum Gasteiger partial charge on any atom is 0.0535 e. The second-order valence-corrected chi connectivity index (χ2v) is 7.43. The summed E-state index contributed by atoms with van der Waals surface area (Å²) >= 11 is 2.05. The van der Waals surface area contributed by atoms with E-state index in [4.69, 9.17) is 0 Å². The van der Waals surface area contributed by atoms with Gasteiger partial charge in [-0.3, -0.25) is 4.90 Å². The van der Waals surface area contributed by atoms with E-state index in [2.05, 4.69) is 68.2 Å². The van der Waals surface area contributed by atoms with Crippen molar-refractivity contribution in [3.63, 3.8) is 0 Å². The van der Waals surface area contributed by atoms with Crippen LogP contribution in [0.3, 0.4) is 0 Å². The quantitative estimate of drug-likeness (QED) is 0.896. The van der Waals surface area contributed by atoms with Gasteiger partial charge < -0.3 is 5.32 Å². The van der Waals surface area contributed by atoms with Crippen LogP contribution in [0.5, 0.6) is 0 Å². The summed E-state index contributed by atoms with van der Waals surface area (Å²) in [6.45, 7) is 11.4. The second-order valence-electron chi connectivity index (χ2n) is 6.11. The van der Waals surface area contributed by atoms with Crippen LogP contribution in [0.25, 0.3) is 0 Å². The lowest BCUT2D eigenvalue weighted by Gasteiger charge is -2.48. The van der Waals surface area contributed by atoms with Crippen LogP contribution in [0.15, 0.2) is 30.3 Å². The zero-order valence-corrected chi connectivity index (χ0v) is 14.0. The summed E-state index contributed by atoms with van der Waals surface area (Å²) in [5, 5.41) is 3.75. The molecule has 0 aromatic heterocycles. The number of nitrogens with one attached hydrogen (secondary N) is 1. The highest BCUT2D eigenvalue weighted by molar-refractivity contribution is 7.99. The fourth-order valence-electron chi connectivity index (χ4n) is 3.04. The molecule has 1 heterocycles. The van der Waals surface area contributed by atoms with Crippen molar-refractivity contribution in [2.24, 2.45) is 0 Å². The van der Waals surface area contributed by atoms with E-state index in [1.165, 1.54) is 17.1 Å². The number of benzene rings is 1. The minimum absolute atomic E-state index is 0.0684. The van der Waals surface area contributed by atoms with Crippen molar-refractivity contribution in [1.29, 1.82) is 0 Å². The summed E-state index contributed by atoms with van der Waals surface area (Å²) in [6, 6.07) is 12.1. The number of nitrogens with zero attached hydrogens (tertiary/aromatic N) is 1. The molecule has 2 nitrogen and oxygen atoms in total. The van der Waals surface area contributed by atoms with Gasteiger partial charge in [0, 0.05) is 30.9 Å². The molecule has 1 fully saturated rings. The first-order valence-electron chi connectivity index (χ1n) is 7.71. The predicted octanol–water partition coefficient (Wildman–Crippen LogP) is 3.34. The van der Waals surface area contributed by atoms with Gasteiger partial charge in [-0.05, 0) is 32.1 Å². The van der Waals surface area contributed by atoms with Gasteiger partial charge in [0.25, 0.3) is 0 Å². The monoisotopic (exact) mass is 292 g/mol. The van der Waals surface area contributed by atoms with E-state index in [0.717, 1.165) is 13.1 Å². The maximum atomic E-state index is 3.75. The molecule has 3 atom stereocenters. The van der Waals surface area contributed by atoms with Gasteiger partial charge in [0.1, 0.15) is 0 Å². The Balaban J connectivity index is 2.11. The van der Waals surface area contributed by atoms with E-state index >= 15 is 0 Å². The summed E-state index contributed by atoms with van der Waals surface area (Å²) in [7, 11) is 0. The third-order valence-corrected chi connectivity index (χ3v) is 5.52. The first-order chi connectivity index (χ1) is 9.57. The molecule has 2 rings (SSSR count). The number of piperazine rings is 1. The van der Waals surface area contributed by atoms with Crippen LogP contribution in [0, 0.1) is 0 Å². The van der Waals surface area contributed by atoms with Crippen molar-refractivity contribution in [2.45, 2.75) is 45.3 Å². The third kappa shape index (κ3) is 3.57. The van der Waals surface area contributed by atoms with Crippen LogP contribution in [-0.2, 0) is 5.54 Å². The highest BCUT2D eigenvalue weighted by Crippen LogP contribution is 2.28. The van der Waals surface area contributed by atoms with Crippen LogP contribution in [0.1, 0.15) is 33.3 Å². The lowest BCUT2D eigenvalue weighted by atomic mass is 9.88. The van der Waals surface area contributed by atoms with E-state index < -0.39 is 0 Å². The van der Waals surface area contributed by atoms with Gasteiger partial charge in [0.2, 0.25) is 0 Å². The Kier molecular flexibility index (Phi) is 5.53. The molecule has 0 radical (unpaired) electrons. The van der Waals surface area contributed by atoms with Gasteiger partial charge in [-0.25, -0.2) is 0 Å². The molecular weight excluding hydrogens is 264 g/mol. The Morgan fingerprint density at radius 3 is 2.75 bits per heavy atom. The Labute approximate surface area is 128 Å². The van der Waals surface area contributed by atoms with E-state index in [-0.39, 0.29) is 5.54 Å². The van der Waals surface area contributed by atoms with Crippen LogP contribution >= 0.6 is 11.8 Å². The summed E-state index contributed by atoms with van der Waals surface area (Å²) < 4.78 is 0. The Morgan fingerprint density at radius 2 is 2.10 bits per heavy atom. The lowest BCUT2D eigenvalue weighted by Crippen LogP contribution is -2.62. The van der Waals surface area contributed by atoms with E-state index in [9.17, 15) is 0 Å². The first-order valence-corrected chi connectivity index (χ1v) is 8.86. The minimum Gasteiger partial charge on any atom is -0.305 e. The van der Waals surface area contributed by atoms with Crippen molar-refractivity contribution in [1.82, 2.24) is 10.2 Å². The van der Waals surface area contributed by atoms with E-state index in [0.29, 0.717) is 12.1 Å². The Bertz CT molecular complexity index is 409. The molecule has 3 heteroatoms. The molecule has 1 saturated heterocycles. The normalized spacial score (nSPS) is 29.3. The van der Waals surface area contributed by atoms with Crippen molar-refractivity contribution in [3.05, 3.63) is 35.9 Å². The van der Waals surface area contributed by atoms with Gasteiger partial charge in [0.15, 0.2) is 0 Å². The molecule has 0 bridgehead atoms. The minimum atomic E-state index is 0.0684. The molecule has 1 aromatic carbocycles. The largest absolute Gasteiger partial charge is 0.305 e. The smallest absolute Gasteiger partial charge is 0.0535 e. The number of hydrogen-bond donors (Lipinski definition) is 1. The lowest BCUT2D eigenvalue weighted by molar-refractivity contribution is 0.0688. The van der Waals surface area contributed by atoms with Crippen molar-refractivity contribution < 1.29 is 0 Å². The Hall–Kier alpha value is -0.510. The molecule has 0 saturated carbocycles. The molecular formula is C17H28N2S. The maximum absolute atomic E-state index is 3.75. The van der Waals surface area contributed by atoms with Gasteiger partial charge in [-0.1, -0.05) is 37.3 Å². The summed E-state index contributed by atoms with van der Waals surface area (Å²) in [5.41, 5.74) is 1.46. The third-order valence-electron chi connectivity index (χ3n) is 4.39. The SMILES string of the molecule is CCSCC(C)N1CC(C)(c2ccccc2)NCC1C. The molecule has 1 aliphatic rings. The van der Waals surface area contributed by atoms with Crippen LogP contribution in [0.2, 0.25) is 0 Å². The van der Waals surface area contributed by atoms with Crippen LogP contribution in [-0.4, -0.2) is 41.6 Å². The molecule has 1 N–H and O–H groups in total. The number of rotatable bonds is 5. The van der Waals surface area contributed by atoms with Crippen molar-refractivity contribution in [2.75, 3.05) is 24.6 Å². The average Bonchev–Trinajstić information content (AvgIpc) is 2.48. The van der Waals surface area contributed by atoms with Gasteiger partial charge in [-0.15, -0.1) is 0 Å². The molecule has 112 valence electrons. The van der Waals surface area contributed by atoms with Gasteiger partial charge in [0.05, 0.1) is 5.54 Å². The highest BCUT2D eigenvalue weighted by atomic mass is 32.2. The second kappa shape index (κ2) is 6.97. The van der Waals surface area contributed by atoms with E-state index in [1.54, 1.807) is 0 Å². The molecule has 0 aliphatic carbocycles. The fourth-order valence-corrected chi connectivity index (χ4v) is 3.81. The molecule has 0 amide bonds. The van der Waals surface area contributed by atoms with Gasteiger partial charge >= 0.3 is 0 Å².